The summed E-state index contributed by atoms with van der Waals surface area (Å²) in [4.78, 5) is 27.8. The SMILES string of the molecule is O=C(c1ccc(F)c(F)c1)N1CCN(C(=O)c2ccc(NS(=O)[O-])c(F)c2)CC1. The topological polar surface area (TPSA) is 92.8 Å². The van der Waals surface area contributed by atoms with E-state index in [1.807, 2.05) is 4.72 Å². The van der Waals surface area contributed by atoms with Gasteiger partial charge in [-0.1, -0.05) is 0 Å². The number of halogens is 3. The number of anilines is 1. The lowest BCUT2D eigenvalue weighted by Gasteiger charge is -2.35. The van der Waals surface area contributed by atoms with Crippen molar-refractivity contribution in [1.29, 1.82) is 0 Å². The number of nitrogens with one attached hydrogen (secondary N) is 1. The first-order valence-electron chi connectivity index (χ1n) is 8.45. The molecule has 2 aromatic rings. The second kappa shape index (κ2) is 8.62. The Morgan fingerprint density at radius 1 is 0.828 bits per heavy atom. The highest BCUT2D eigenvalue weighted by Crippen LogP contribution is 2.19. The van der Waals surface area contributed by atoms with Crippen molar-refractivity contribution in [2.75, 3.05) is 30.9 Å². The number of amides is 2. The summed E-state index contributed by atoms with van der Waals surface area (Å²) in [6.45, 7) is 0.669. The zero-order chi connectivity index (χ0) is 21.1. The minimum absolute atomic E-state index is 0.00426. The van der Waals surface area contributed by atoms with Crippen LogP contribution in [0.4, 0.5) is 18.9 Å². The molecule has 1 aliphatic heterocycles. The molecule has 0 radical (unpaired) electrons. The molecule has 2 aromatic carbocycles. The predicted molar refractivity (Wildman–Crippen MR) is 97.1 cm³/mol. The van der Waals surface area contributed by atoms with Crippen LogP contribution in [0.15, 0.2) is 36.4 Å². The van der Waals surface area contributed by atoms with E-state index >= 15 is 0 Å². The van der Waals surface area contributed by atoms with E-state index in [9.17, 15) is 31.5 Å². The number of benzene rings is 2. The van der Waals surface area contributed by atoms with Crippen molar-refractivity contribution in [1.82, 2.24) is 9.80 Å². The molecule has 0 bridgehead atoms. The summed E-state index contributed by atoms with van der Waals surface area (Å²) >= 11 is -2.69. The fraction of sp³-hybridized carbons (Fsp3) is 0.222. The van der Waals surface area contributed by atoms with Crippen LogP contribution in [-0.2, 0) is 11.3 Å². The Hall–Kier alpha value is -2.92. The number of hydrogen-bond donors (Lipinski definition) is 1. The molecule has 1 saturated heterocycles. The fourth-order valence-electron chi connectivity index (χ4n) is 2.93. The first-order valence-corrected chi connectivity index (χ1v) is 9.53. The molecule has 0 saturated carbocycles. The molecule has 3 rings (SSSR count). The van der Waals surface area contributed by atoms with E-state index < -0.39 is 40.5 Å². The Balaban J connectivity index is 1.63. The first kappa shape index (κ1) is 20.8. The normalized spacial score (nSPS) is 15.2. The summed E-state index contributed by atoms with van der Waals surface area (Å²) in [6, 6.07) is 6.24. The standard InChI is InChI=1S/C18H16F3N3O4S/c19-13-3-1-11(9-14(13)20)17(25)23-5-7-24(8-6-23)18(26)12-2-4-16(15(21)10-12)22-29(27)28/h1-4,9-10,22H,5-8H2,(H,27,28)/p-1. The average Bonchev–Trinajstić information content (AvgIpc) is 2.70. The molecule has 0 spiro atoms. The zero-order valence-corrected chi connectivity index (χ0v) is 15.7. The van der Waals surface area contributed by atoms with Crippen LogP contribution in [0.25, 0.3) is 0 Å². The molecule has 7 nitrogen and oxygen atoms in total. The molecule has 11 heteroatoms. The van der Waals surface area contributed by atoms with Crippen molar-refractivity contribution in [3.63, 3.8) is 0 Å². The van der Waals surface area contributed by atoms with Gasteiger partial charge in [0, 0.05) is 48.6 Å². The highest BCUT2D eigenvalue weighted by molar-refractivity contribution is 7.80. The van der Waals surface area contributed by atoms with Crippen LogP contribution in [0, 0.1) is 17.5 Å². The molecule has 1 heterocycles. The maximum atomic E-state index is 13.9. The molecule has 0 aliphatic carbocycles. The Bertz CT molecular complexity index is 981. The second-order valence-corrected chi connectivity index (χ2v) is 6.92. The number of nitrogens with zero attached hydrogens (tertiary/aromatic N) is 2. The van der Waals surface area contributed by atoms with Crippen LogP contribution < -0.4 is 4.72 Å². The third-order valence-electron chi connectivity index (χ3n) is 4.43. The Morgan fingerprint density at radius 3 is 1.76 bits per heavy atom. The van der Waals surface area contributed by atoms with Crippen molar-refractivity contribution in [2.24, 2.45) is 0 Å². The maximum Gasteiger partial charge on any atom is 0.254 e. The third kappa shape index (κ3) is 4.74. The van der Waals surface area contributed by atoms with Crippen molar-refractivity contribution >= 4 is 28.8 Å². The van der Waals surface area contributed by atoms with Gasteiger partial charge in [0.25, 0.3) is 11.8 Å². The number of rotatable bonds is 4. The molecular weight excluding hydrogens is 411 g/mol. The van der Waals surface area contributed by atoms with Crippen LogP contribution >= 0.6 is 0 Å². The van der Waals surface area contributed by atoms with Gasteiger partial charge in [0.1, 0.15) is 5.82 Å². The van der Waals surface area contributed by atoms with E-state index in [0.29, 0.717) is 0 Å². The average molecular weight is 426 g/mol. The quantitative estimate of drug-likeness (QED) is 0.756. The fourth-order valence-corrected chi connectivity index (χ4v) is 3.27. The molecule has 1 atom stereocenters. The van der Waals surface area contributed by atoms with Crippen molar-refractivity contribution < 1.29 is 31.5 Å². The lowest BCUT2D eigenvalue weighted by molar-refractivity contribution is 0.0535. The lowest BCUT2D eigenvalue weighted by Crippen LogP contribution is -2.50. The van der Waals surface area contributed by atoms with E-state index in [4.69, 9.17) is 0 Å². The zero-order valence-electron chi connectivity index (χ0n) is 14.9. The van der Waals surface area contributed by atoms with Crippen LogP contribution in [-0.4, -0.2) is 56.6 Å². The minimum atomic E-state index is -2.69. The van der Waals surface area contributed by atoms with Crippen LogP contribution in [0.3, 0.4) is 0 Å². The molecule has 1 fully saturated rings. The second-order valence-electron chi connectivity index (χ2n) is 6.24. The lowest BCUT2D eigenvalue weighted by atomic mass is 10.1. The van der Waals surface area contributed by atoms with Gasteiger partial charge in [-0.3, -0.25) is 13.8 Å². The molecule has 1 aliphatic rings. The molecule has 29 heavy (non-hydrogen) atoms. The first-order chi connectivity index (χ1) is 13.8. The van der Waals surface area contributed by atoms with Gasteiger partial charge in [-0.05, 0) is 36.4 Å². The third-order valence-corrected chi connectivity index (χ3v) is 4.82. The summed E-state index contributed by atoms with van der Waals surface area (Å²) < 4.78 is 63.3. The van der Waals surface area contributed by atoms with E-state index in [-0.39, 0.29) is 43.0 Å². The number of piperazine rings is 1. The molecule has 1 N–H and O–H groups in total. The van der Waals surface area contributed by atoms with Gasteiger partial charge in [0.15, 0.2) is 11.6 Å². The molecule has 154 valence electrons. The van der Waals surface area contributed by atoms with Gasteiger partial charge >= 0.3 is 0 Å². The van der Waals surface area contributed by atoms with Crippen LogP contribution in [0.5, 0.6) is 0 Å². The smallest absolute Gasteiger partial charge is 0.254 e. The molecule has 0 aromatic heterocycles. The van der Waals surface area contributed by atoms with Gasteiger partial charge < -0.3 is 19.1 Å². The van der Waals surface area contributed by atoms with Crippen molar-refractivity contribution in [2.45, 2.75) is 0 Å². The Labute approximate surface area is 166 Å². The highest BCUT2D eigenvalue weighted by Gasteiger charge is 2.26. The predicted octanol–water partition coefficient (Wildman–Crippen LogP) is 1.91. The highest BCUT2D eigenvalue weighted by atomic mass is 32.2. The molecule has 2 amide bonds. The van der Waals surface area contributed by atoms with E-state index in [1.54, 1.807) is 0 Å². The van der Waals surface area contributed by atoms with Crippen LogP contribution in [0.2, 0.25) is 0 Å². The molecule has 1 unspecified atom stereocenters. The van der Waals surface area contributed by atoms with Gasteiger partial charge in [0.2, 0.25) is 0 Å². The van der Waals surface area contributed by atoms with Crippen molar-refractivity contribution in [3.05, 3.63) is 65.0 Å². The van der Waals surface area contributed by atoms with Gasteiger partial charge in [-0.15, -0.1) is 0 Å². The van der Waals surface area contributed by atoms with E-state index in [2.05, 4.69) is 0 Å². The van der Waals surface area contributed by atoms with Gasteiger partial charge in [-0.2, -0.15) is 0 Å². The maximum absolute atomic E-state index is 13.9. The summed E-state index contributed by atoms with van der Waals surface area (Å²) in [6.07, 6.45) is 0. The van der Waals surface area contributed by atoms with E-state index in [0.717, 1.165) is 24.3 Å². The van der Waals surface area contributed by atoms with Crippen LogP contribution in [0.1, 0.15) is 20.7 Å². The van der Waals surface area contributed by atoms with Gasteiger partial charge in [0.05, 0.1) is 5.69 Å². The molecular formula is C18H15F3N3O4S-. The largest absolute Gasteiger partial charge is 0.755 e. The van der Waals surface area contributed by atoms with Gasteiger partial charge in [-0.25, -0.2) is 13.2 Å². The summed E-state index contributed by atoms with van der Waals surface area (Å²) in [5.41, 5.74) is -0.244. The van der Waals surface area contributed by atoms with E-state index in [1.165, 1.54) is 21.9 Å². The summed E-state index contributed by atoms with van der Waals surface area (Å²) in [5, 5.41) is 0. The number of carbonyl (C=O) groups is 2. The minimum Gasteiger partial charge on any atom is -0.755 e. The Morgan fingerprint density at radius 2 is 1.31 bits per heavy atom. The Kier molecular flexibility index (Phi) is 6.18. The van der Waals surface area contributed by atoms with Crippen molar-refractivity contribution in [3.8, 4) is 0 Å². The number of carbonyl (C=O) groups excluding carboxylic acids is 2. The summed E-state index contributed by atoms with van der Waals surface area (Å²) in [5.74, 6) is -4.02. The monoisotopic (exact) mass is 426 g/mol. The number of hydrogen-bond acceptors (Lipinski definition) is 4. The summed E-state index contributed by atoms with van der Waals surface area (Å²) in [7, 11) is 0.